The fourth-order valence-electron chi connectivity index (χ4n) is 3.97. The van der Waals surface area contributed by atoms with Gasteiger partial charge in [-0.2, -0.15) is 0 Å². The number of carbonyl (C=O) groups excluding carboxylic acids is 2. The molecule has 3 aliphatic rings. The summed E-state index contributed by atoms with van der Waals surface area (Å²) in [6, 6.07) is 4.81. The maximum Gasteiger partial charge on any atom is 0.240 e. The first-order chi connectivity index (χ1) is 11.9. The zero-order valence-electron chi connectivity index (χ0n) is 12.8. The molecule has 0 aromatic heterocycles. The Balaban J connectivity index is 1.90. The van der Waals surface area contributed by atoms with Crippen molar-refractivity contribution in [1.82, 2.24) is 0 Å². The SMILES string of the molecule is Cc1ccc(N2C(=O)[C@H]3[C@H](C2=O)[C@@]2(Cl)C(Cl)=C(Cl)[C@@]3(Cl)C2(Cl)Cl)cc1Cl. The second-order valence-corrected chi connectivity index (χ2v) is 10.2. The third-order valence-electron chi connectivity index (χ3n) is 5.32. The van der Waals surface area contributed by atoms with Crippen LogP contribution in [-0.4, -0.2) is 25.9 Å². The van der Waals surface area contributed by atoms with Gasteiger partial charge in [-0.1, -0.05) is 64.1 Å². The van der Waals surface area contributed by atoms with E-state index in [1.54, 1.807) is 19.1 Å². The van der Waals surface area contributed by atoms with Gasteiger partial charge in [0.05, 0.1) is 27.6 Å². The Hall–Kier alpha value is 0.130. The van der Waals surface area contributed by atoms with Gasteiger partial charge in [0.15, 0.2) is 4.33 Å². The molecule has 3 nitrogen and oxygen atoms in total. The number of alkyl halides is 4. The first-order valence-corrected chi connectivity index (χ1v) is 10.0. The molecule has 1 aromatic carbocycles. The van der Waals surface area contributed by atoms with Gasteiger partial charge in [-0.05, 0) is 24.6 Å². The number of aryl methyl sites for hydroxylation is 1. The summed E-state index contributed by atoms with van der Waals surface area (Å²) in [6.45, 7) is 1.80. The van der Waals surface area contributed by atoms with Crippen LogP contribution in [0.1, 0.15) is 5.56 Å². The van der Waals surface area contributed by atoms with Crippen molar-refractivity contribution in [3.05, 3.63) is 38.8 Å². The molecule has 4 rings (SSSR count). The fourth-order valence-corrected chi connectivity index (χ4v) is 7.07. The van der Waals surface area contributed by atoms with Gasteiger partial charge in [-0.25, -0.2) is 4.90 Å². The van der Waals surface area contributed by atoms with Crippen LogP contribution in [0.25, 0.3) is 0 Å². The maximum absolute atomic E-state index is 13.1. The first kappa shape index (κ1) is 19.4. The van der Waals surface area contributed by atoms with E-state index in [1.165, 1.54) is 6.07 Å². The van der Waals surface area contributed by atoms with Crippen molar-refractivity contribution in [2.24, 2.45) is 11.8 Å². The summed E-state index contributed by atoms with van der Waals surface area (Å²) in [4.78, 5) is 23.7. The van der Waals surface area contributed by atoms with E-state index in [0.717, 1.165) is 10.5 Å². The normalized spacial score (nSPS) is 37.8. The molecule has 1 saturated carbocycles. The van der Waals surface area contributed by atoms with E-state index in [1.807, 2.05) is 0 Å². The Bertz CT molecular complexity index is 883. The van der Waals surface area contributed by atoms with Crippen molar-refractivity contribution in [2.45, 2.75) is 21.0 Å². The largest absolute Gasteiger partial charge is 0.274 e. The number of carbonyl (C=O) groups is 2. The molecule has 1 heterocycles. The van der Waals surface area contributed by atoms with E-state index >= 15 is 0 Å². The second kappa shape index (κ2) is 5.60. The van der Waals surface area contributed by atoms with E-state index < -0.39 is 37.7 Å². The van der Waals surface area contributed by atoms with Gasteiger partial charge in [0.25, 0.3) is 0 Å². The van der Waals surface area contributed by atoms with E-state index in [9.17, 15) is 9.59 Å². The molecule has 1 aliphatic heterocycles. The van der Waals surface area contributed by atoms with Crippen molar-refractivity contribution in [2.75, 3.05) is 4.90 Å². The van der Waals surface area contributed by atoms with E-state index in [0.29, 0.717) is 10.7 Å². The third kappa shape index (κ3) is 1.87. The summed E-state index contributed by atoms with van der Waals surface area (Å²) < 4.78 is -1.94. The summed E-state index contributed by atoms with van der Waals surface area (Å²) in [5.74, 6) is -3.52. The lowest BCUT2D eigenvalue weighted by Gasteiger charge is -2.34. The number of fused-ring (bicyclic) bond motifs is 5. The van der Waals surface area contributed by atoms with Crippen LogP contribution in [0.5, 0.6) is 0 Å². The van der Waals surface area contributed by atoms with Crippen LogP contribution in [0.4, 0.5) is 5.69 Å². The molecule has 2 fully saturated rings. The van der Waals surface area contributed by atoms with E-state index in [2.05, 4.69) is 0 Å². The molecule has 1 aromatic rings. The number of rotatable bonds is 1. The van der Waals surface area contributed by atoms with Crippen LogP contribution in [0.15, 0.2) is 28.3 Å². The second-order valence-electron chi connectivity index (χ2n) is 6.53. The van der Waals surface area contributed by atoms with Crippen LogP contribution in [0.3, 0.4) is 0 Å². The third-order valence-corrected chi connectivity index (χ3v) is 9.99. The topological polar surface area (TPSA) is 37.4 Å². The monoisotopic (exact) mass is 491 g/mol. The van der Waals surface area contributed by atoms with Gasteiger partial charge in [0, 0.05) is 5.02 Å². The molecule has 0 unspecified atom stereocenters. The lowest BCUT2D eigenvalue weighted by atomic mass is 9.84. The number of benzene rings is 1. The van der Waals surface area contributed by atoms with Crippen molar-refractivity contribution in [3.63, 3.8) is 0 Å². The summed E-state index contributed by atoms with van der Waals surface area (Å²) >= 11 is 44.8. The quantitative estimate of drug-likeness (QED) is 0.377. The Morgan fingerprint density at radius 1 is 0.885 bits per heavy atom. The van der Waals surface area contributed by atoms with E-state index in [4.69, 9.17) is 81.2 Å². The summed E-state index contributed by atoms with van der Waals surface area (Å²) in [5.41, 5.74) is 1.10. The molecule has 2 bridgehead atoms. The standard InChI is InChI=1S/C16H8Cl7NO2/c1-5-2-3-6(4-7(5)17)24-12(25)8-9(13(24)26)15(21)11(19)10(18)14(8,20)16(15,22)23/h2-4,8-9H,1H3/t8-,9-,14-,15-/m1/s1. The van der Waals surface area contributed by atoms with Crippen LogP contribution < -0.4 is 4.90 Å². The van der Waals surface area contributed by atoms with Crippen LogP contribution in [0.2, 0.25) is 5.02 Å². The summed E-state index contributed by atoms with van der Waals surface area (Å²) in [5, 5.41) is 0.168. The molecule has 0 N–H and O–H groups in total. The predicted octanol–water partition coefficient (Wildman–Crippen LogP) is 5.60. The highest BCUT2D eigenvalue weighted by Gasteiger charge is 2.87. The predicted molar refractivity (Wildman–Crippen MR) is 106 cm³/mol. The molecule has 2 amide bonds. The zero-order chi connectivity index (χ0) is 19.4. The fraction of sp³-hybridized carbons (Fsp3) is 0.375. The number of amides is 2. The van der Waals surface area contributed by atoms with Crippen LogP contribution >= 0.6 is 81.2 Å². The number of nitrogens with zero attached hydrogens (tertiary/aromatic N) is 1. The zero-order valence-corrected chi connectivity index (χ0v) is 18.1. The van der Waals surface area contributed by atoms with Crippen molar-refractivity contribution >= 4 is 98.7 Å². The highest BCUT2D eigenvalue weighted by Crippen LogP contribution is 2.77. The molecule has 0 radical (unpaired) electrons. The Kier molecular flexibility index (Phi) is 4.19. The van der Waals surface area contributed by atoms with Crippen LogP contribution in [-0.2, 0) is 9.59 Å². The number of halogens is 7. The van der Waals surface area contributed by atoms with Crippen molar-refractivity contribution < 1.29 is 9.59 Å². The molecule has 26 heavy (non-hydrogen) atoms. The molecule has 2 aliphatic carbocycles. The number of imide groups is 1. The Morgan fingerprint density at radius 2 is 1.35 bits per heavy atom. The molecule has 1 saturated heterocycles. The van der Waals surface area contributed by atoms with Gasteiger partial charge >= 0.3 is 0 Å². The van der Waals surface area contributed by atoms with Crippen molar-refractivity contribution in [1.29, 1.82) is 0 Å². The first-order valence-electron chi connectivity index (χ1n) is 7.38. The molecule has 4 atom stereocenters. The van der Waals surface area contributed by atoms with Crippen LogP contribution in [0, 0.1) is 18.8 Å². The highest BCUT2D eigenvalue weighted by atomic mass is 35.5. The van der Waals surface area contributed by atoms with Gasteiger partial charge in [-0.15, -0.1) is 23.2 Å². The van der Waals surface area contributed by atoms with E-state index in [-0.39, 0.29) is 10.1 Å². The van der Waals surface area contributed by atoms with Gasteiger partial charge in [-0.3, -0.25) is 9.59 Å². The van der Waals surface area contributed by atoms with Gasteiger partial charge in [0.2, 0.25) is 11.8 Å². The summed E-state index contributed by atoms with van der Waals surface area (Å²) in [7, 11) is 0. The minimum atomic E-state index is -1.94. The minimum Gasteiger partial charge on any atom is -0.274 e. The average Bonchev–Trinajstić information content (AvgIpc) is 2.95. The number of hydrogen-bond donors (Lipinski definition) is 0. The molecule has 10 heteroatoms. The average molecular weight is 494 g/mol. The summed E-state index contributed by atoms with van der Waals surface area (Å²) in [6.07, 6.45) is 0. The minimum absolute atomic E-state index is 0.118. The Labute approximate surface area is 184 Å². The number of anilines is 1. The Morgan fingerprint density at radius 3 is 1.77 bits per heavy atom. The molecule has 0 spiro atoms. The highest BCUT2D eigenvalue weighted by molar-refractivity contribution is 6.67. The lowest BCUT2D eigenvalue weighted by Crippen LogP contribution is -2.50. The van der Waals surface area contributed by atoms with Gasteiger partial charge < -0.3 is 0 Å². The molecular weight excluding hydrogens is 486 g/mol. The number of allylic oxidation sites excluding steroid dienone is 2. The van der Waals surface area contributed by atoms with Crippen molar-refractivity contribution in [3.8, 4) is 0 Å². The maximum atomic E-state index is 13.1. The molecular formula is C16H8Cl7NO2. The molecule has 138 valence electrons. The smallest absolute Gasteiger partial charge is 0.240 e. The lowest BCUT2D eigenvalue weighted by molar-refractivity contribution is -0.123. The number of hydrogen-bond acceptors (Lipinski definition) is 2. The van der Waals surface area contributed by atoms with Gasteiger partial charge in [0.1, 0.15) is 9.75 Å².